The first-order valence-electron chi connectivity index (χ1n) is 7.18. The predicted octanol–water partition coefficient (Wildman–Crippen LogP) is 3.12. The summed E-state index contributed by atoms with van der Waals surface area (Å²) >= 11 is 1.36. The third kappa shape index (κ3) is 2.89. The maximum atomic E-state index is 13.0. The number of thiazole rings is 1. The zero-order chi connectivity index (χ0) is 15.7. The standard InChI is InChI=1S/C16H17FN2O2S/c1-10-9-21-8-7-19(10)16(20)14-11(2)18-15(22-14)12-3-5-13(17)6-4-12/h3-6,10H,7-9H2,1-2H3/t10-/m1/s1. The minimum absolute atomic E-state index is 0.000776. The van der Waals surface area contributed by atoms with Crippen LogP contribution in [0.2, 0.25) is 0 Å². The predicted molar refractivity (Wildman–Crippen MR) is 83.6 cm³/mol. The smallest absolute Gasteiger partial charge is 0.266 e. The van der Waals surface area contributed by atoms with Crippen molar-refractivity contribution in [3.8, 4) is 10.6 Å². The number of rotatable bonds is 2. The minimum Gasteiger partial charge on any atom is -0.377 e. The fourth-order valence-electron chi connectivity index (χ4n) is 2.47. The van der Waals surface area contributed by atoms with Crippen molar-refractivity contribution in [2.75, 3.05) is 19.8 Å². The van der Waals surface area contributed by atoms with E-state index in [1.807, 2.05) is 18.7 Å². The van der Waals surface area contributed by atoms with Gasteiger partial charge in [-0.05, 0) is 38.1 Å². The van der Waals surface area contributed by atoms with Crippen molar-refractivity contribution < 1.29 is 13.9 Å². The van der Waals surface area contributed by atoms with Gasteiger partial charge in [0.2, 0.25) is 0 Å². The van der Waals surface area contributed by atoms with Crippen LogP contribution in [0, 0.1) is 12.7 Å². The molecule has 4 nitrogen and oxygen atoms in total. The summed E-state index contributed by atoms with van der Waals surface area (Å²) in [7, 11) is 0. The highest BCUT2D eigenvalue weighted by atomic mass is 32.1. The van der Waals surface area contributed by atoms with Crippen LogP contribution < -0.4 is 0 Å². The molecule has 1 amide bonds. The Kier molecular flexibility index (Phi) is 4.22. The number of halogens is 1. The molecule has 1 fully saturated rings. The van der Waals surface area contributed by atoms with Crippen LogP contribution >= 0.6 is 11.3 Å². The normalized spacial score (nSPS) is 18.5. The average Bonchev–Trinajstić information content (AvgIpc) is 2.90. The van der Waals surface area contributed by atoms with Crippen LogP contribution in [-0.4, -0.2) is 41.6 Å². The molecule has 6 heteroatoms. The van der Waals surface area contributed by atoms with Gasteiger partial charge in [-0.1, -0.05) is 0 Å². The summed E-state index contributed by atoms with van der Waals surface area (Å²) in [4.78, 5) is 19.7. The second-order valence-corrected chi connectivity index (χ2v) is 6.36. The van der Waals surface area contributed by atoms with Gasteiger partial charge in [0.25, 0.3) is 5.91 Å². The van der Waals surface area contributed by atoms with Gasteiger partial charge in [-0.15, -0.1) is 11.3 Å². The van der Waals surface area contributed by atoms with Crippen molar-refractivity contribution in [1.82, 2.24) is 9.88 Å². The summed E-state index contributed by atoms with van der Waals surface area (Å²) in [5.41, 5.74) is 1.54. The summed E-state index contributed by atoms with van der Waals surface area (Å²) in [5, 5.41) is 0.738. The van der Waals surface area contributed by atoms with E-state index in [1.165, 1.54) is 23.5 Å². The van der Waals surface area contributed by atoms with Gasteiger partial charge in [0.1, 0.15) is 15.7 Å². The van der Waals surface area contributed by atoms with Crippen molar-refractivity contribution in [2.24, 2.45) is 0 Å². The second-order valence-electron chi connectivity index (χ2n) is 5.36. The van der Waals surface area contributed by atoms with E-state index in [0.29, 0.717) is 30.3 Å². The van der Waals surface area contributed by atoms with Crippen LogP contribution in [0.5, 0.6) is 0 Å². The SMILES string of the molecule is Cc1nc(-c2ccc(F)cc2)sc1C(=O)N1CCOC[C@H]1C. The van der Waals surface area contributed by atoms with Gasteiger partial charge in [0, 0.05) is 12.1 Å². The summed E-state index contributed by atoms with van der Waals surface area (Å²) in [6, 6.07) is 6.23. The van der Waals surface area contributed by atoms with Gasteiger partial charge in [0.15, 0.2) is 0 Å². The Labute approximate surface area is 132 Å². The Morgan fingerprint density at radius 3 is 2.82 bits per heavy atom. The topological polar surface area (TPSA) is 42.4 Å². The molecule has 0 N–H and O–H groups in total. The van der Waals surface area contributed by atoms with Gasteiger partial charge in [-0.2, -0.15) is 0 Å². The molecule has 1 saturated heterocycles. The van der Waals surface area contributed by atoms with Crippen LogP contribution in [-0.2, 0) is 4.74 Å². The Bertz CT molecular complexity index is 684. The van der Waals surface area contributed by atoms with E-state index in [4.69, 9.17) is 4.74 Å². The van der Waals surface area contributed by atoms with E-state index >= 15 is 0 Å². The van der Waals surface area contributed by atoms with Crippen molar-refractivity contribution in [2.45, 2.75) is 19.9 Å². The first kappa shape index (κ1) is 15.1. The third-order valence-electron chi connectivity index (χ3n) is 3.71. The van der Waals surface area contributed by atoms with Crippen LogP contribution in [0.3, 0.4) is 0 Å². The number of carbonyl (C=O) groups is 1. The summed E-state index contributed by atoms with van der Waals surface area (Å²) in [6.07, 6.45) is 0. The molecule has 0 spiro atoms. The van der Waals surface area contributed by atoms with E-state index in [1.54, 1.807) is 12.1 Å². The first-order valence-corrected chi connectivity index (χ1v) is 8.00. The fourth-order valence-corrected chi connectivity index (χ4v) is 3.50. The van der Waals surface area contributed by atoms with E-state index in [-0.39, 0.29) is 17.8 Å². The van der Waals surface area contributed by atoms with E-state index in [0.717, 1.165) is 10.6 Å². The van der Waals surface area contributed by atoms with Gasteiger partial charge in [-0.25, -0.2) is 9.37 Å². The number of amides is 1. The molecule has 2 heterocycles. The molecule has 0 saturated carbocycles. The van der Waals surface area contributed by atoms with Crippen molar-refractivity contribution in [3.05, 3.63) is 40.7 Å². The zero-order valence-electron chi connectivity index (χ0n) is 12.5. The highest BCUT2D eigenvalue weighted by Crippen LogP contribution is 2.29. The van der Waals surface area contributed by atoms with Crippen molar-refractivity contribution in [1.29, 1.82) is 0 Å². The van der Waals surface area contributed by atoms with Crippen LogP contribution in [0.25, 0.3) is 10.6 Å². The molecule has 3 rings (SSSR count). The summed E-state index contributed by atoms with van der Waals surface area (Å²) < 4.78 is 18.4. The molecule has 0 unspecified atom stereocenters. The lowest BCUT2D eigenvalue weighted by atomic mass is 10.2. The highest BCUT2D eigenvalue weighted by Gasteiger charge is 2.27. The van der Waals surface area contributed by atoms with Gasteiger partial charge in [-0.3, -0.25) is 4.79 Å². The molecule has 116 valence electrons. The molecular weight excluding hydrogens is 303 g/mol. The van der Waals surface area contributed by atoms with E-state index in [9.17, 15) is 9.18 Å². The Morgan fingerprint density at radius 1 is 1.41 bits per heavy atom. The molecule has 0 aliphatic carbocycles. The second kappa shape index (κ2) is 6.14. The number of hydrogen-bond acceptors (Lipinski definition) is 4. The Balaban J connectivity index is 1.88. The molecular formula is C16H17FN2O2S. The highest BCUT2D eigenvalue weighted by molar-refractivity contribution is 7.17. The largest absolute Gasteiger partial charge is 0.377 e. The maximum absolute atomic E-state index is 13.0. The molecule has 0 radical (unpaired) electrons. The molecule has 1 atom stereocenters. The average molecular weight is 320 g/mol. The number of aryl methyl sites for hydroxylation is 1. The van der Waals surface area contributed by atoms with Gasteiger partial charge >= 0.3 is 0 Å². The lowest BCUT2D eigenvalue weighted by molar-refractivity contribution is 0.00381. The summed E-state index contributed by atoms with van der Waals surface area (Å²) in [5.74, 6) is -0.283. The number of benzene rings is 1. The quantitative estimate of drug-likeness (QED) is 0.854. The van der Waals surface area contributed by atoms with Crippen molar-refractivity contribution >= 4 is 17.2 Å². The van der Waals surface area contributed by atoms with Crippen molar-refractivity contribution in [3.63, 3.8) is 0 Å². The number of aromatic nitrogens is 1. The van der Waals surface area contributed by atoms with E-state index in [2.05, 4.69) is 4.98 Å². The molecule has 1 aromatic carbocycles. The molecule has 1 aliphatic rings. The summed E-state index contributed by atoms with van der Waals surface area (Å²) in [6.45, 7) is 5.55. The monoisotopic (exact) mass is 320 g/mol. The first-order chi connectivity index (χ1) is 10.6. The molecule has 1 aromatic heterocycles. The van der Waals surface area contributed by atoms with Crippen LogP contribution in [0.4, 0.5) is 4.39 Å². The molecule has 1 aliphatic heterocycles. The van der Waals surface area contributed by atoms with Gasteiger partial charge in [0.05, 0.1) is 24.9 Å². The number of morpholine rings is 1. The molecule has 0 bridgehead atoms. The molecule has 22 heavy (non-hydrogen) atoms. The number of carbonyl (C=O) groups excluding carboxylic acids is 1. The van der Waals surface area contributed by atoms with Crippen LogP contribution in [0.1, 0.15) is 22.3 Å². The number of nitrogens with zero attached hydrogens (tertiary/aromatic N) is 2. The Morgan fingerprint density at radius 2 is 2.14 bits per heavy atom. The molecule has 2 aromatic rings. The lowest BCUT2D eigenvalue weighted by Crippen LogP contribution is -2.47. The maximum Gasteiger partial charge on any atom is 0.266 e. The van der Waals surface area contributed by atoms with E-state index < -0.39 is 0 Å². The Hall–Kier alpha value is -1.79. The van der Waals surface area contributed by atoms with Crippen LogP contribution in [0.15, 0.2) is 24.3 Å². The lowest BCUT2D eigenvalue weighted by Gasteiger charge is -2.33. The zero-order valence-corrected chi connectivity index (χ0v) is 13.3. The fraction of sp³-hybridized carbons (Fsp3) is 0.375. The number of hydrogen-bond donors (Lipinski definition) is 0. The number of ether oxygens (including phenoxy) is 1. The minimum atomic E-state index is -0.282. The van der Waals surface area contributed by atoms with Gasteiger partial charge < -0.3 is 9.64 Å². The third-order valence-corrected chi connectivity index (χ3v) is 4.91.